The summed E-state index contributed by atoms with van der Waals surface area (Å²) in [6.07, 6.45) is 4.46. The summed E-state index contributed by atoms with van der Waals surface area (Å²) < 4.78 is 1.60. The van der Waals surface area contributed by atoms with Crippen LogP contribution in [0.2, 0.25) is 5.02 Å². The number of hydrogen-bond donors (Lipinski definition) is 1. The van der Waals surface area contributed by atoms with Gasteiger partial charge in [-0.25, -0.2) is 14.8 Å². The predicted octanol–water partition coefficient (Wildman–Crippen LogP) is 2.87. The van der Waals surface area contributed by atoms with E-state index in [-0.39, 0.29) is 5.56 Å². The number of carboxylic acid groups (broad SMARTS) is 1. The third-order valence-corrected chi connectivity index (χ3v) is 4.17. The maximum absolute atomic E-state index is 11.4. The standard InChI is InChI=1S/C13H9ClN4O2S/c1-18-12-8(6-17-18)11(9(5-16-12)13(19)20)21-10-3-2-7(14)4-15-10/h2-6H,1H3,(H,19,20). The van der Waals surface area contributed by atoms with Crippen molar-refractivity contribution in [1.82, 2.24) is 19.7 Å². The molecule has 0 aromatic carbocycles. The Morgan fingerprint density at radius 3 is 2.76 bits per heavy atom. The minimum absolute atomic E-state index is 0.122. The number of fused-ring (bicyclic) bond motifs is 1. The van der Waals surface area contributed by atoms with Gasteiger partial charge in [-0.3, -0.25) is 4.68 Å². The van der Waals surface area contributed by atoms with Gasteiger partial charge in [0, 0.05) is 24.3 Å². The van der Waals surface area contributed by atoms with E-state index < -0.39 is 5.97 Å². The van der Waals surface area contributed by atoms with E-state index in [2.05, 4.69) is 15.1 Å². The number of rotatable bonds is 3. The van der Waals surface area contributed by atoms with Gasteiger partial charge in [-0.1, -0.05) is 23.4 Å². The molecule has 0 saturated heterocycles. The lowest BCUT2D eigenvalue weighted by Crippen LogP contribution is -2.01. The first-order valence-electron chi connectivity index (χ1n) is 5.89. The fourth-order valence-corrected chi connectivity index (χ4v) is 2.93. The lowest BCUT2D eigenvalue weighted by atomic mass is 10.2. The Hall–Kier alpha value is -2.12. The average molecular weight is 321 g/mol. The predicted molar refractivity (Wildman–Crippen MR) is 78.8 cm³/mol. The van der Waals surface area contributed by atoms with E-state index in [1.807, 2.05) is 0 Å². The molecule has 0 aliphatic heterocycles. The molecule has 1 N–H and O–H groups in total. The van der Waals surface area contributed by atoms with Crippen molar-refractivity contribution in [3.8, 4) is 0 Å². The van der Waals surface area contributed by atoms with Crippen molar-refractivity contribution < 1.29 is 9.90 Å². The van der Waals surface area contributed by atoms with E-state index in [0.717, 1.165) is 0 Å². The Bertz CT molecular complexity index is 832. The van der Waals surface area contributed by atoms with E-state index in [0.29, 0.717) is 26.0 Å². The molecular weight excluding hydrogens is 312 g/mol. The molecule has 8 heteroatoms. The van der Waals surface area contributed by atoms with Crippen LogP contribution in [0, 0.1) is 0 Å². The number of halogens is 1. The second-order valence-corrected chi connectivity index (χ2v) is 5.70. The molecule has 0 spiro atoms. The van der Waals surface area contributed by atoms with Crippen LogP contribution in [0.25, 0.3) is 11.0 Å². The Morgan fingerprint density at radius 2 is 2.10 bits per heavy atom. The SMILES string of the molecule is Cn1ncc2c(Sc3ccc(Cl)cn3)c(C(=O)O)cnc21. The Morgan fingerprint density at radius 1 is 1.29 bits per heavy atom. The zero-order valence-corrected chi connectivity index (χ0v) is 12.4. The maximum Gasteiger partial charge on any atom is 0.338 e. The molecule has 3 aromatic rings. The average Bonchev–Trinajstić information content (AvgIpc) is 2.83. The molecule has 3 heterocycles. The number of aromatic carboxylic acids is 1. The Balaban J connectivity index is 2.16. The van der Waals surface area contributed by atoms with Crippen LogP contribution in [0.5, 0.6) is 0 Å². The maximum atomic E-state index is 11.4. The topological polar surface area (TPSA) is 80.9 Å². The summed E-state index contributed by atoms with van der Waals surface area (Å²) >= 11 is 7.06. The molecule has 0 unspecified atom stereocenters. The zero-order chi connectivity index (χ0) is 15.0. The molecule has 0 fully saturated rings. The lowest BCUT2D eigenvalue weighted by Gasteiger charge is -2.06. The van der Waals surface area contributed by atoms with Crippen LogP contribution >= 0.6 is 23.4 Å². The van der Waals surface area contributed by atoms with Gasteiger partial charge < -0.3 is 5.11 Å². The van der Waals surface area contributed by atoms with Crippen LogP contribution in [0.1, 0.15) is 10.4 Å². The lowest BCUT2D eigenvalue weighted by molar-refractivity contribution is 0.0693. The molecule has 0 radical (unpaired) electrons. The van der Waals surface area contributed by atoms with Crippen molar-refractivity contribution in [3.05, 3.63) is 41.3 Å². The number of carboxylic acids is 1. The van der Waals surface area contributed by atoms with Crippen LogP contribution in [-0.2, 0) is 7.05 Å². The summed E-state index contributed by atoms with van der Waals surface area (Å²) in [4.78, 5) is 20.3. The molecule has 6 nitrogen and oxygen atoms in total. The third kappa shape index (κ3) is 2.57. The van der Waals surface area contributed by atoms with Crippen molar-refractivity contribution >= 4 is 40.4 Å². The number of hydrogen-bond acceptors (Lipinski definition) is 5. The summed E-state index contributed by atoms with van der Waals surface area (Å²) in [5, 5.41) is 15.3. The third-order valence-electron chi connectivity index (χ3n) is 2.85. The highest BCUT2D eigenvalue weighted by Crippen LogP contribution is 2.34. The minimum Gasteiger partial charge on any atom is -0.478 e. The first kappa shape index (κ1) is 13.8. The van der Waals surface area contributed by atoms with E-state index >= 15 is 0 Å². The summed E-state index contributed by atoms with van der Waals surface area (Å²) in [5.41, 5.74) is 0.744. The Labute approximate surface area is 128 Å². The number of nitrogens with zero attached hydrogens (tertiary/aromatic N) is 4. The highest BCUT2D eigenvalue weighted by atomic mass is 35.5. The van der Waals surface area contributed by atoms with Crippen molar-refractivity contribution in [3.63, 3.8) is 0 Å². The quantitative estimate of drug-likeness (QED) is 0.799. The number of aromatic nitrogens is 4. The Kier molecular flexibility index (Phi) is 3.52. The fraction of sp³-hybridized carbons (Fsp3) is 0.0769. The van der Waals surface area contributed by atoms with Gasteiger partial charge in [0.2, 0.25) is 0 Å². The zero-order valence-electron chi connectivity index (χ0n) is 10.8. The van der Waals surface area contributed by atoms with E-state index in [4.69, 9.17) is 11.6 Å². The van der Waals surface area contributed by atoms with E-state index in [1.165, 1.54) is 24.2 Å². The van der Waals surface area contributed by atoms with Gasteiger partial charge in [0.25, 0.3) is 0 Å². The van der Waals surface area contributed by atoms with Gasteiger partial charge in [0.15, 0.2) is 5.65 Å². The second-order valence-electron chi connectivity index (χ2n) is 4.23. The van der Waals surface area contributed by atoms with Crippen molar-refractivity contribution in [1.29, 1.82) is 0 Å². The van der Waals surface area contributed by atoms with Crippen LogP contribution in [0.3, 0.4) is 0 Å². The van der Waals surface area contributed by atoms with Crippen molar-refractivity contribution in [2.45, 2.75) is 9.92 Å². The van der Waals surface area contributed by atoms with Crippen molar-refractivity contribution in [2.75, 3.05) is 0 Å². The molecule has 21 heavy (non-hydrogen) atoms. The van der Waals surface area contributed by atoms with Gasteiger partial charge in [-0.2, -0.15) is 5.10 Å². The molecule has 106 valence electrons. The van der Waals surface area contributed by atoms with E-state index in [9.17, 15) is 9.90 Å². The summed E-state index contributed by atoms with van der Waals surface area (Å²) in [6, 6.07) is 3.44. The summed E-state index contributed by atoms with van der Waals surface area (Å²) in [6.45, 7) is 0. The number of aryl methyl sites for hydroxylation is 1. The highest BCUT2D eigenvalue weighted by Gasteiger charge is 2.18. The molecule has 0 bridgehead atoms. The molecule has 0 atom stereocenters. The molecular formula is C13H9ClN4O2S. The largest absolute Gasteiger partial charge is 0.478 e. The normalized spacial score (nSPS) is 11.0. The van der Waals surface area contributed by atoms with Gasteiger partial charge in [0.1, 0.15) is 5.03 Å². The smallest absolute Gasteiger partial charge is 0.338 e. The molecule has 0 saturated carbocycles. The summed E-state index contributed by atoms with van der Waals surface area (Å²) in [7, 11) is 1.75. The molecule has 0 aliphatic carbocycles. The van der Waals surface area contributed by atoms with Crippen LogP contribution in [-0.4, -0.2) is 30.8 Å². The first-order chi connectivity index (χ1) is 10.1. The van der Waals surface area contributed by atoms with Crippen LogP contribution < -0.4 is 0 Å². The molecule has 3 aromatic heterocycles. The van der Waals surface area contributed by atoms with Gasteiger partial charge >= 0.3 is 5.97 Å². The molecule has 3 rings (SSSR count). The fourth-order valence-electron chi connectivity index (χ4n) is 1.86. The summed E-state index contributed by atoms with van der Waals surface area (Å²) in [5.74, 6) is -1.04. The van der Waals surface area contributed by atoms with Gasteiger partial charge in [-0.05, 0) is 12.1 Å². The molecule has 0 amide bonds. The monoisotopic (exact) mass is 320 g/mol. The second kappa shape index (κ2) is 5.34. The van der Waals surface area contributed by atoms with E-state index in [1.54, 1.807) is 30.1 Å². The van der Waals surface area contributed by atoms with Gasteiger partial charge in [-0.15, -0.1) is 0 Å². The molecule has 0 aliphatic rings. The van der Waals surface area contributed by atoms with Crippen LogP contribution in [0.4, 0.5) is 0 Å². The minimum atomic E-state index is -1.04. The number of carbonyl (C=O) groups is 1. The number of pyridine rings is 2. The highest BCUT2D eigenvalue weighted by molar-refractivity contribution is 7.99. The van der Waals surface area contributed by atoms with Gasteiger partial charge in [0.05, 0.1) is 22.2 Å². The van der Waals surface area contributed by atoms with Crippen molar-refractivity contribution in [2.24, 2.45) is 7.05 Å². The first-order valence-corrected chi connectivity index (χ1v) is 7.09. The van der Waals surface area contributed by atoms with Crippen LogP contribution in [0.15, 0.2) is 40.6 Å².